The predicted octanol–water partition coefficient (Wildman–Crippen LogP) is 2.68. The maximum atomic E-state index is 13.1. The highest BCUT2D eigenvalue weighted by Crippen LogP contribution is 2.44. The highest BCUT2D eigenvalue weighted by molar-refractivity contribution is 5.84. The molecule has 0 aromatic carbocycles. The first-order valence-electron chi connectivity index (χ1n) is 10.5. The second-order valence-electron chi connectivity index (χ2n) is 8.81. The van der Waals surface area contributed by atoms with Crippen LogP contribution in [0.1, 0.15) is 70.6 Å². The van der Waals surface area contributed by atoms with Gasteiger partial charge in [-0.2, -0.15) is 0 Å². The quantitative estimate of drug-likeness (QED) is 0.834. The van der Waals surface area contributed by atoms with Gasteiger partial charge in [-0.25, -0.2) is 0 Å². The Morgan fingerprint density at radius 2 is 1.71 bits per heavy atom. The third kappa shape index (κ3) is 3.24. The summed E-state index contributed by atoms with van der Waals surface area (Å²) in [5.41, 5.74) is -0.0846. The molecule has 2 saturated carbocycles. The van der Waals surface area contributed by atoms with Gasteiger partial charge < -0.3 is 15.5 Å². The molecule has 2 saturated heterocycles. The maximum Gasteiger partial charge on any atom is 0.228 e. The number of carbonyl (C=O) groups is 1. The highest BCUT2D eigenvalue weighted by atomic mass is 16.2. The van der Waals surface area contributed by atoms with Crippen molar-refractivity contribution in [3.63, 3.8) is 0 Å². The van der Waals surface area contributed by atoms with Crippen molar-refractivity contribution in [1.29, 1.82) is 0 Å². The predicted molar refractivity (Wildman–Crippen MR) is 96.9 cm³/mol. The molecule has 4 fully saturated rings. The molecule has 1 amide bonds. The average molecular weight is 334 g/mol. The number of nitrogens with one attached hydrogen (secondary N) is 2. The van der Waals surface area contributed by atoms with Crippen LogP contribution >= 0.6 is 0 Å². The SMILES string of the molecule is O=C(NC1CCN(C2CCCCC2)CC1)[C@@]12CCCC[C@H]1CNC2. The van der Waals surface area contributed by atoms with Gasteiger partial charge in [-0.15, -0.1) is 0 Å². The minimum absolute atomic E-state index is 0.0846. The molecule has 0 bridgehead atoms. The summed E-state index contributed by atoms with van der Waals surface area (Å²) >= 11 is 0. The number of likely N-dealkylation sites (tertiary alicyclic amines) is 1. The Morgan fingerprint density at radius 1 is 0.958 bits per heavy atom. The Labute approximate surface area is 147 Å². The van der Waals surface area contributed by atoms with E-state index in [1.54, 1.807) is 0 Å². The lowest BCUT2D eigenvalue weighted by Gasteiger charge is -2.42. The van der Waals surface area contributed by atoms with Crippen LogP contribution in [0.15, 0.2) is 0 Å². The molecule has 4 rings (SSSR count). The Bertz CT molecular complexity index is 440. The lowest BCUT2D eigenvalue weighted by Crippen LogP contribution is -2.54. The summed E-state index contributed by atoms with van der Waals surface area (Å²) in [5, 5.41) is 6.97. The van der Waals surface area contributed by atoms with Crippen molar-refractivity contribution >= 4 is 5.91 Å². The van der Waals surface area contributed by atoms with Gasteiger partial charge in [-0.05, 0) is 51.0 Å². The lowest BCUT2D eigenvalue weighted by atomic mass is 9.67. The Morgan fingerprint density at radius 3 is 2.50 bits per heavy atom. The monoisotopic (exact) mass is 333 g/mol. The van der Waals surface area contributed by atoms with Gasteiger partial charge in [0.05, 0.1) is 5.41 Å². The molecule has 24 heavy (non-hydrogen) atoms. The summed E-state index contributed by atoms with van der Waals surface area (Å²) in [6, 6.07) is 1.24. The largest absolute Gasteiger partial charge is 0.353 e. The molecule has 2 aliphatic carbocycles. The Kier molecular flexibility index (Phi) is 5.14. The van der Waals surface area contributed by atoms with Crippen molar-refractivity contribution in [3.05, 3.63) is 0 Å². The zero-order valence-corrected chi connectivity index (χ0v) is 15.2. The molecule has 0 aromatic rings. The van der Waals surface area contributed by atoms with E-state index in [0.29, 0.717) is 17.9 Å². The van der Waals surface area contributed by atoms with Gasteiger partial charge in [0, 0.05) is 31.7 Å². The van der Waals surface area contributed by atoms with Crippen molar-refractivity contribution in [2.45, 2.75) is 82.7 Å². The summed E-state index contributed by atoms with van der Waals surface area (Å²) in [6.45, 7) is 4.33. The van der Waals surface area contributed by atoms with Crippen LogP contribution in [0.25, 0.3) is 0 Å². The summed E-state index contributed by atoms with van der Waals surface area (Å²) in [4.78, 5) is 15.8. The van der Waals surface area contributed by atoms with Gasteiger partial charge in [0.15, 0.2) is 0 Å². The van der Waals surface area contributed by atoms with E-state index in [-0.39, 0.29) is 5.41 Å². The second-order valence-corrected chi connectivity index (χ2v) is 8.81. The first-order valence-corrected chi connectivity index (χ1v) is 10.5. The number of nitrogens with zero attached hydrogens (tertiary/aromatic N) is 1. The van der Waals surface area contributed by atoms with Crippen LogP contribution in [0.3, 0.4) is 0 Å². The molecule has 0 radical (unpaired) electrons. The van der Waals surface area contributed by atoms with Crippen LogP contribution in [0, 0.1) is 11.3 Å². The fourth-order valence-corrected chi connectivity index (χ4v) is 5.87. The van der Waals surface area contributed by atoms with Crippen molar-refractivity contribution in [2.75, 3.05) is 26.2 Å². The first-order chi connectivity index (χ1) is 11.8. The van der Waals surface area contributed by atoms with Crippen molar-refractivity contribution in [1.82, 2.24) is 15.5 Å². The Hall–Kier alpha value is -0.610. The summed E-state index contributed by atoms with van der Waals surface area (Å²) in [7, 11) is 0. The summed E-state index contributed by atoms with van der Waals surface area (Å²) in [5.74, 6) is 0.946. The van der Waals surface area contributed by atoms with E-state index in [2.05, 4.69) is 15.5 Å². The van der Waals surface area contributed by atoms with Gasteiger partial charge in [0.1, 0.15) is 0 Å². The maximum absolute atomic E-state index is 13.1. The molecule has 2 aliphatic heterocycles. The molecule has 4 aliphatic rings. The number of carbonyl (C=O) groups excluding carboxylic acids is 1. The van der Waals surface area contributed by atoms with Gasteiger partial charge in [0.25, 0.3) is 0 Å². The summed E-state index contributed by atoms with van der Waals surface area (Å²) in [6.07, 6.45) is 14.2. The molecular formula is C20H35N3O. The van der Waals surface area contributed by atoms with E-state index >= 15 is 0 Å². The van der Waals surface area contributed by atoms with Crippen LogP contribution in [0.2, 0.25) is 0 Å². The van der Waals surface area contributed by atoms with E-state index in [1.807, 2.05) is 0 Å². The van der Waals surface area contributed by atoms with Gasteiger partial charge in [-0.3, -0.25) is 4.79 Å². The molecule has 2 N–H and O–H groups in total. The summed E-state index contributed by atoms with van der Waals surface area (Å²) < 4.78 is 0. The number of amides is 1. The zero-order chi connectivity index (χ0) is 16.4. The number of hydrogen-bond donors (Lipinski definition) is 2. The molecular weight excluding hydrogens is 298 g/mol. The van der Waals surface area contributed by atoms with Gasteiger partial charge in [0.2, 0.25) is 5.91 Å². The molecule has 2 heterocycles. The number of rotatable bonds is 3. The molecule has 136 valence electrons. The van der Waals surface area contributed by atoms with E-state index in [1.165, 1.54) is 64.5 Å². The third-order valence-corrected chi connectivity index (χ3v) is 7.45. The van der Waals surface area contributed by atoms with Crippen LogP contribution in [-0.2, 0) is 4.79 Å². The minimum Gasteiger partial charge on any atom is -0.353 e. The van der Waals surface area contributed by atoms with Gasteiger partial charge >= 0.3 is 0 Å². The molecule has 0 unspecified atom stereocenters. The standard InChI is InChI=1S/C20H35N3O/c24-19(20-11-5-4-6-16(20)14-21-15-20)22-17-9-12-23(13-10-17)18-7-2-1-3-8-18/h16-18,21H,1-15H2,(H,22,24)/t16-,20+/m0/s1. The topological polar surface area (TPSA) is 44.4 Å². The average Bonchev–Trinajstić information content (AvgIpc) is 3.08. The minimum atomic E-state index is -0.0846. The highest BCUT2D eigenvalue weighted by Gasteiger charge is 2.50. The number of fused-ring (bicyclic) bond motifs is 1. The number of piperidine rings is 1. The van der Waals surface area contributed by atoms with Crippen molar-refractivity contribution in [2.24, 2.45) is 11.3 Å². The van der Waals surface area contributed by atoms with Crippen molar-refractivity contribution in [3.8, 4) is 0 Å². The van der Waals surface area contributed by atoms with Crippen LogP contribution in [0.5, 0.6) is 0 Å². The number of hydrogen-bond acceptors (Lipinski definition) is 3. The first kappa shape index (κ1) is 16.8. The van der Waals surface area contributed by atoms with Crippen LogP contribution in [-0.4, -0.2) is 49.1 Å². The van der Waals surface area contributed by atoms with Crippen LogP contribution < -0.4 is 10.6 Å². The molecule has 4 heteroatoms. The molecule has 0 spiro atoms. The molecule has 2 atom stereocenters. The van der Waals surface area contributed by atoms with Crippen molar-refractivity contribution < 1.29 is 4.79 Å². The molecule has 4 nitrogen and oxygen atoms in total. The fourth-order valence-electron chi connectivity index (χ4n) is 5.87. The van der Waals surface area contributed by atoms with E-state index in [0.717, 1.165) is 38.4 Å². The van der Waals surface area contributed by atoms with E-state index in [4.69, 9.17) is 0 Å². The normalized spacial score (nSPS) is 36.4. The lowest BCUT2D eigenvalue weighted by molar-refractivity contribution is -0.135. The van der Waals surface area contributed by atoms with Gasteiger partial charge in [-0.1, -0.05) is 32.1 Å². The van der Waals surface area contributed by atoms with Crippen LogP contribution in [0.4, 0.5) is 0 Å². The second kappa shape index (κ2) is 7.33. The third-order valence-electron chi connectivity index (χ3n) is 7.45. The molecule has 0 aromatic heterocycles. The van der Waals surface area contributed by atoms with E-state index in [9.17, 15) is 4.79 Å². The smallest absolute Gasteiger partial charge is 0.228 e. The fraction of sp³-hybridized carbons (Fsp3) is 0.950. The Balaban J connectivity index is 1.29. The zero-order valence-electron chi connectivity index (χ0n) is 15.2. The van der Waals surface area contributed by atoms with E-state index < -0.39 is 0 Å².